The van der Waals surface area contributed by atoms with Gasteiger partial charge in [0.25, 0.3) is 0 Å². The summed E-state index contributed by atoms with van der Waals surface area (Å²) in [5.41, 5.74) is 6.77. The Morgan fingerprint density at radius 2 is 2.30 bits per heavy atom. The molecule has 1 amide bonds. The molecule has 20 heavy (non-hydrogen) atoms. The predicted octanol–water partition coefficient (Wildman–Crippen LogP) is -0.274. The molecule has 0 spiro atoms. The van der Waals surface area contributed by atoms with Crippen molar-refractivity contribution in [1.82, 2.24) is 15.2 Å². The number of benzene rings is 1. The fraction of sp³-hybridized carbons (Fsp3) is 0.286. The van der Waals surface area contributed by atoms with Crippen molar-refractivity contribution in [3.05, 3.63) is 42.1 Å². The zero-order valence-electron chi connectivity index (χ0n) is 11.1. The highest BCUT2D eigenvalue weighted by atomic mass is 16.3. The molecule has 2 atom stereocenters. The lowest BCUT2D eigenvalue weighted by Gasteiger charge is -2.32. The Labute approximate surface area is 116 Å². The summed E-state index contributed by atoms with van der Waals surface area (Å²) >= 11 is 0. The second-order valence-corrected chi connectivity index (χ2v) is 5.00. The summed E-state index contributed by atoms with van der Waals surface area (Å²) in [5, 5.41) is 14.6. The molecule has 1 fully saturated rings. The second-order valence-electron chi connectivity index (χ2n) is 5.00. The largest absolute Gasteiger partial charge is 0.368 e. The molecular weight excluding hydrogens is 256 g/mol. The molecule has 1 saturated heterocycles. The third-order valence-electron chi connectivity index (χ3n) is 3.84. The molecule has 1 aromatic heterocycles. The van der Waals surface area contributed by atoms with Crippen LogP contribution >= 0.6 is 0 Å². The van der Waals surface area contributed by atoms with Crippen LogP contribution in [0.25, 0.3) is 10.9 Å². The van der Waals surface area contributed by atoms with Gasteiger partial charge >= 0.3 is 0 Å². The number of hydrogen-bond acceptors (Lipinski definition) is 5. The molecule has 1 aliphatic heterocycles. The summed E-state index contributed by atoms with van der Waals surface area (Å²) in [4.78, 5) is 17.2. The standard InChI is InChI=1S/C14H16N4O2/c1-18-12(13(15)19)8-17-14(18,20)10-6-9-4-2-3-5-11(9)16-7-10/h2-7,12,17,20H,8H2,1H3,(H2,15,19). The third kappa shape index (κ3) is 1.85. The number of nitrogens with zero attached hydrogens (tertiary/aromatic N) is 2. The van der Waals surface area contributed by atoms with Crippen LogP contribution in [0.3, 0.4) is 0 Å². The Bertz CT molecular complexity index is 675. The molecule has 0 bridgehead atoms. The summed E-state index contributed by atoms with van der Waals surface area (Å²) in [5.74, 6) is -1.90. The van der Waals surface area contributed by atoms with Crippen molar-refractivity contribution >= 4 is 16.8 Å². The van der Waals surface area contributed by atoms with Crippen LogP contribution in [-0.4, -0.2) is 40.5 Å². The number of nitrogens with two attached hydrogens (primary N) is 1. The number of pyridine rings is 1. The molecule has 2 unspecified atom stereocenters. The van der Waals surface area contributed by atoms with Gasteiger partial charge in [0.1, 0.15) is 6.04 Å². The van der Waals surface area contributed by atoms with Gasteiger partial charge in [-0.15, -0.1) is 0 Å². The lowest BCUT2D eigenvalue weighted by Crippen LogP contribution is -2.50. The van der Waals surface area contributed by atoms with E-state index in [9.17, 15) is 9.90 Å². The van der Waals surface area contributed by atoms with Gasteiger partial charge in [-0.3, -0.25) is 15.1 Å². The van der Waals surface area contributed by atoms with Crippen molar-refractivity contribution in [2.75, 3.05) is 13.6 Å². The van der Waals surface area contributed by atoms with E-state index in [1.54, 1.807) is 13.2 Å². The van der Waals surface area contributed by atoms with E-state index in [-0.39, 0.29) is 0 Å². The molecule has 3 rings (SSSR count). The van der Waals surface area contributed by atoms with Crippen molar-refractivity contribution in [2.24, 2.45) is 5.73 Å². The number of aliphatic hydroxyl groups is 1. The van der Waals surface area contributed by atoms with Crippen molar-refractivity contribution in [1.29, 1.82) is 0 Å². The average Bonchev–Trinajstić information content (AvgIpc) is 2.76. The smallest absolute Gasteiger partial charge is 0.236 e. The number of aromatic nitrogens is 1. The lowest BCUT2D eigenvalue weighted by atomic mass is 10.1. The van der Waals surface area contributed by atoms with Gasteiger partial charge in [0.15, 0.2) is 0 Å². The maximum Gasteiger partial charge on any atom is 0.236 e. The van der Waals surface area contributed by atoms with E-state index in [0.717, 1.165) is 10.9 Å². The summed E-state index contributed by atoms with van der Waals surface area (Å²) in [6.07, 6.45) is 1.61. The molecule has 1 aromatic carbocycles. The lowest BCUT2D eigenvalue weighted by molar-refractivity contribution is -0.134. The van der Waals surface area contributed by atoms with E-state index in [1.165, 1.54) is 4.90 Å². The van der Waals surface area contributed by atoms with Crippen LogP contribution in [0.4, 0.5) is 0 Å². The highest BCUT2D eigenvalue weighted by molar-refractivity contribution is 5.81. The van der Waals surface area contributed by atoms with E-state index in [4.69, 9.17) is 5.73 Å². The minimum atomic E-state index is -1.43. The molecule has 2 aromatic rings. The molecule has 4 N–H and O–H groups in total. The van der Waals surface area contributed by atoms with Gasteiger partial charge in [0, 0.05) is 23.7 Å². The van der Waals surface area contributed by atoms with Crippen LogP contribution in [0, 0.1) is 0 Å². The Balaban J connectivity index is 2.04. The highest BCUT2D eigenvalue weighted by Gasteiger charge is 2.46. The first-order valence-electron chi connectivity index (χ1n) is 6.37. The van der Waals surface area contributed by atoms with Gasteiger partial charge in [-0.1, -0.05) is 18.2 Å². The van der Waals surface area contributed by atoms with Crippen LogP contribution in [0.2, 0.25) is 0 Å². The number of amides is 1. The first kappa shape index (κ1) is 13.0. The Hall–Kier alpha value is -2.02. The minimum Gasteiger partial charge on any atom is -0.368 e. The first-order chi connectivity index (χ1) is 9.52. The van der Waals surface area contributed by atoms with Gasteiger partial charge in [-0.05, 0) is 19.2 Å². The number of para-hydroxylation sites is 1. The quantitative estimate of drug-likeness (QED) is 0.700. The Kier molecular flexibility index (Phi) is 2.93. The van der Waals surface area contributed by atoms with Crippen molar-refractivity contribution in [3.63, 3.8) is 0 Å². The monoisotopic (exact) mass is 272 g/mol. The number of rotatable bonds is 2. The number of nitrogens with one attached hydrogen (secondary N) is 1. The number of carbonyl (C=O) groups is 1. The first-order valence-corrected chi connectivity index (χ1v) is 6.37. The molecule has 6 nitrogen and oxygen atoms in total. The normalized spacial score (nSPS) is 27.0. The van der Waals surface area contributed by atoms with Gasteiger partial charge in [-0.25, -0.2) is 4.90 Å². The van der Waals surface area contributed by atoms with Gasteiger partial charge in [-0.2, -0.15) is 0 Å². The van der Waals surface area contributed by atoms with Crippen LogP contribution in [0.5, 0.6) is 0 Å². The van der Waals surface area contributed by atoms with Crippen molar-refractivity contribution < 1.29 is 9.90 Å². The van der Waals surface area contributed by atoms with Crippen LogP contribution in [0.15, 0.2) is 36.5 Å². The van der Waals surface area contributed by atoms with Gasteiger partial charge in [0.05, 0.1) is 5.52 Å². The third-order valence-corrected chi connectivity index (χ3v) is 3.84. The zero-order valence-corrected chi connectivity index (χ0v) is 11.1. The van der Waals surface area contributed by atoms with Crippen molar-refractivity contribution in [3.8, 4) is 0 Å². The number of fused-ring (bicyclic) bond motifs is 1. The fourth-order valence-corrected chi connectivity index (χ4v) is 2.58. The molecular formula is C14H16N4O2. The summed E-state index contributed by atoms with van der Waals surface area (Å²) in [6.45, 7) is 0.301. The van der Waals surface area contributed by atoms with E-state index in [1.807, 2.05) is 30.3 Å². The number of primary amides is 1. The van der Waals surface area contributed by atoms with Crippen LogP contribution in [0.1, 0.15) is 5.56 Å². The van der Waals surface area contributed by atoms with Crippen LogP contribution in [-0.2, 0) is 10.6 Å². The summed E-state index contributed by atoms with van der Waals surface area (Å²) < 4.78 is 0. The van der Waals surface area contributed by atoms with Crippen LogP contribution < -0.4 is 11.1 Å². The number of likely N-dealkylation sites (N-methyl/N-ethyl adjacent to an activating group) is 1. The summed E-state index contributed by atoms with van der Waals surface area (Å²) in [6, 6.07) is 8.96. The maximum absolute atomic E-state index is 11.4. The predicted molar refractivity (Wildman–Crippen MR) is 74.4 cm³/mol. The van der Waals surface area contributed by atoms with Gasteiger partial charge in [0.2, 0.25) is 11.8 Å². The molecule has 1 aliphatic rings. The highest BCUT2D eigenvalue weighted by Crippen LogP contribution is 2.29. The second kappa shape index (κ2) is 4.52. The average molecular weight is 272 g/mol. The Morgan fingerprint density at radius 1 is 1.55 bits per heavy atom. The van der Waals surface area contributed by atoms with Crippen molar-refractivity contribution in [2.45, 2.75) is 11.9 Å². The molecule has 0 radical (unpaired) electrons. The molecule has 6 heteroatoms. The zero-order chi connectivity index (χ0) is 14.3. The topological polar surface area (TPSA) is 91.5 Å². The fourth-order valence-electron chi connectivity index (χ4n) is 2.58. The molecule has 2 heterocycles. The van der Waals surface area contributed by atoms with E-state index in [0.29, 0.717) is 12.1 Å². The maximum atomic E-state index is 11.4. The number of hydrogen-bond donors (Lipinski definition) is 3. The van der Waals surface area contributed by atoms with E-state index < -0.39 is 17.8 Å². The molecule has 104 valence electrons. The molecule has 0 saturated carbocycles. The minimum absolute atomic E-state index is 0.301. The summed E-state index contributed by atoms with van der Waals surface area (Å²) in [7, 11) is 1.66. The Morgan fingerprint density at radius 3 is 3.00 bits per heavy atom. The van der Waals surface area contributed by atoms with Gasteiger partial charge < -0.3 is 10.8 Å². The number of carbonyl (C=O) groups excluding carboxylic acids is 1. The molecule has 0 aliphatic carbocycles. The van der Waals surface area contributed by atoms with E-state index in [2.05, 4.69) is 10.3 Å². The van der Waals surface area contributed by atoms with E-state index >= 15 is 0 Å². The SMILES string of the molecule is CN1C(C(N)=O)CNC1(O)c1cnc2ccccc2c1.